The number of benzene rings is 1. The van der Waals surface area contributed by atoms with Crippen molar-refractivity contribution in [3.8, 4) is 0 Å². The zero-order chi connectivity index (χ0) is 13.7. The van der Waals surface area contributed by atoms with E-state index in [1.807, 2.05) is 0 Å². The molecule has 0 amide bonds. The highest BCUT2D eigenvalue weighted by Crippen LogP contribution is 2.36. The quantitative estimate of drug-likeness (QED) is 0.720. The number of rotatable bonds is 1. The van der Waals surface area contributed by atoms with Crippen LogP contribution >= 0.6 is 0 Å². The summed E-state index contributed by atoms with van der Waals surface area (Å²) in [6, 6.07) is 1.23. The van der Waals surface area contributed by atoms with Gasteiger partial charge >= 0.3 is 7.12 Å². The van der Waals surface area contributed by atoms with E-state index < -0.39 is 41.2 Å². The SMILES string of the molecule is CC1(C)OB(c2c(F)cc(F)cc2F)OC1(C)C. The highest BCUT2D eigenvalue weighted by atomic mass is 19.1. The van der Waals surface area contributed by atoms with E-state index in [9.17, 15) is 13.2 Å². The molecule has 1 aromatic carbocycles. The standard InChI is InChI=1S/C12H14BF3O2/c1-11(2)12(3,4)18-13(17-11)10-8(15)5-7(14)6-9(10)16/h5-6H,1-4H3. The average molecular weight is 258 g/mol. The van der Waals surface area contributed by atoms with Crippen molar-refractivity contribution in [1.29, 1.82) is 0 Å². The molecule has 6 heteroatoms. The van der Waals surface area contributed by atoms with Gasteiger partial charge in [-0.2, -0.15) is 0 Å². The fourth-order valence-corrected chi connectivity index (χ4v) is 1.74. The predicted molar refractivity (Wildman–Crippen MR) is 62.0 cm³/mol. The maximum absolute atomic E-state index is 13.6. The maximum atomic E-state index is 13.6. The molecule has 2 nitrogen and oxygen atoms in total. The fourth-order valence-electron chi connectivity index (χ4n) is 1.74. The number of halogens is 3. The smallest absolute Gasteiger partial charge is 0.399 e. The second-order valence-electron chi connectivity index (χ2n) is 5.37. The first-order valence-electron chi connectivity index (χ1n) is 5.64. The molecular formula is C12H14BF3O2. The first kappa shape index (κ1) is 13.4. The van der Waals surface area contributed by atoms with E-state index in [0.717, 1.165) is 0 Å². The predicted octanol–water partition coefficient (Wildman–Crippen LogP) is 2.40. The van der Waals surface area contributed by atoms with Crippen LogP contribution < -0.4 is 5.46 Å². The second kappa shape index (κ2) is 4.00. The van der Waals surface area contributed by atoms with Crippen molar-refractivity contribution in [2.45, 2.75) is 38.9 Å². The largest absolute Gasteiger partial charge is 0.500 e. The molecule has 0 spiro atoms. The molecule has 2 rings (SSSR count). The lowest BCUT2D eigenvalue weighted by atomic mass is 9.78. The topological polar surface area (TPSA) is 18.5 Å². The zero-order valence-electron chi connectivity index (χ0n) is 10.7. The van der Waals surface area contributed by atoms with E-state index in [1.54, 1.807) is 27.7 Å². The highest BCUT2D eigenvalue weighted by molar-refractivity contribution is 6.62. The summed E-state index contributed by atoms with van der Waals surface area (Å²) in [5.41, 5.74) is -1.80. The Labute approximate surface area is 104 Å². The van der Waals surface area contributed by atoms with E-state index in [2.05, 4.69) is 0 Å². The van der Waals surface area contributed by atoms with Crippen LogP contribution in [0.4, 0.5) is 13.2 Å². The van der Waals surface area contributed by atoms with Crippen LogP contribution in [-0.2, 0) is 9.31 Å². The second-order valence-corrected chi connectivity index (χ2v) is 5.37. The molecule has 1 fully saturated rings. The molecule has 98 valence electrons. The summed E-state index contributed by atoms with van der Waals surface area (Å²) in [5, 5.41) is 0. The molecular weight excluding hydrogens is 244 g/mol. The van der Waals surface area contributed by atoms with Gasteiger partial charge in [-0.1, -0.05) is 0 Å². The lowest BCUT2D eigenvalue weighted by molar-refractivity contribution is 0.00578. The van der Waals surface area contributed by atoms with Crippen LogP contribution in [0.1, 0.15) is 27.7 Å². The Balaban J connectivity index is 2.42. The summed E-state index contributed by atoms with van der Waals surface area (Å²) in [7, 11) is -1.17. The van der Waals surface area contributed by atoms with Gasteiger partial charge in [-0.05, 0) is 27.7 Å². The van der Waals surface area contributed by atoms with Crippen molar-refractivity contribution in [3.63, 3.8) is 0 Å². The minimum atomic E-state index is -1.17. The van der Waals surface area contributed by atoms with Crippen molar-refractivity contribution in [2.75, 3.05) is 0 Å². The third-order valence-electron chi connectivity index (χ3n) is 3.53. The molecule has 0 N–H and O–H groups in total. The molecule has 0 atom stereocenters. The van der Waals surface area contributed by atoms with Crippen LogP contribution in [0.15, 0.2) is 12.1 Å². The Morgan fingerprint density at radius 1 is 0.889 bits per heavy atom. The van der Waals surface area contributed by atoms with Crippen molar-refractivity contribution >= 4 is 12.6 Å². The molecule has 0 radical (unpaired) electrons. The minimum absolute atomic E-state index is 0.393. The van der Waals surface area contributed by atoms with Gasteiger partial charge in [0, 0.05) is 12.1 Å². The van der Waals surface area contributed by atoms with E-state index in [4.69, 9.17) is 9.31 Å². The van der Waals surface area contributed by atoms with Crippen LogP contribution in [0.25, 0.3) is 0 Å². The van der Waals surface area contributed by atoms with E-state index >= 15 is 0 Å². The highest BCUT2D eigenvalue weighted by Gasteiger charge is 2.53. The van der Waals surface area contributed by atoms with Gasteiger partial charge in [-0.25, -0.2) is 13.2 Å². The first-order chi connectivity index (χ1) is 8.14. The summed E-state index contributed by atoms with van der Waals surface area (Å²) in [6.45, 7) is 7.08. The molecule has 1 aromatic rings. The summed E-state index contributed by atoms with van der Waals surface area (Å²) in [4.78, 5) is 0. The van der Waals surface area contributed by atoms with Crippen molar-refractivity contribution in [3.05, 3.63) is 29.6 Å². The number of hydrogen-bond acceptors (Lipinski definition) is 2. The molecule has 1 aliphatic rings. The molecule has 1 heterocycles. The van der Waals surface area contributed by atoms with Gasteiger partial charge in [0.15, 0.2) is 0 Å². The van der Waals surface area contributed by atoms with Crippen LogP contribution in [0.5, 0.6) is 0 Å². The Morgan fingerprint density at radius 3 is 1.67 bits per heavy atom. The van der Waals surface area contributed by atoms with Crippen molar-refractivity contribution in [1.82, 2.24) is 0 Å². The molecule has 0 aliphatic carbocycles. The third-order valence-corrected chi connectivity index (χ3v) is 3.53. The van der Waals surface area contributed by atoms with Crippen LogP contribution in [0.3, 0.4) is 0 Å². The lowest BCUT2D eigenvalue weighted by Gasteiger charge is -2.32. The Hall–Kier alpha value is -1.01. The molecule has 1 aliphatic heterocycles. The summed E-state index contributed by atoms with van der Waals surface area (Å²) in [6.07, 6.45) is 0. The number of hydrogen-bond donors (Lipinski definition) is 0. The normalized spacial score (nSPS) is 21.4. The molecule has 0 saturated carbocycles. The average Bonchev–Trinajstić information content (AvgIpc) is 2.32. The first-order valence-corrected chi connectivity index (χ1v) is 5.64. The van der Waals surface area contributed by atoms with Gasteiger partial charge in [0.05, 0.1) is 16.7 Å². The fraction of sp³-hybridized carbons (Fsp3) is 0.500. The Bertz CT molecular complexity index is 449. The van der Waals surface area contributed by atoms with Crippen molar-refractivity contribution in [2.24, 2.45) is 0 Å². The van der Waals surface area contributed by atoms with Gasteiger partial charge < -0.3 is 9.31 Å². The van der Waals surface area contributed by atoms with E-state index in [-0.39, 0.29) is 0 Å². The minimum Gasteiger partial charge on any atom is -0.399 e. The Kier molecular flexibility index (Phi) is 2.98. The third kappa shape index (κ3) is 2.03. The van der Waals surface area contributed by atoms with Gasteiger partial charge in [0.2, 0.25) is 0 Å². The molecule has 0 aromatic heterocycles. The van der Waals surface area contributed by atoms with Crippen LogP contribution in [0, 0.1) is 17.5 Å². The van der Waals surface area contributed by atoms with Gasteiger partial charge in [-0.3, -0.25) is 0 Å². The zero-order valence-corrected chi connectivity index (χ0v) is 10.7. The summed E-state index contributed by atoms with van der Waals surface area (Å²) >= 11 is 0. The van der Waals surface area contributed by atoms with E-state index in [1.165, 1.54) is 0 Å². The van der Waals surface area contributed by atoms with Crippen molar-refractivity contribution < 1.29 is 22.5 Å². The monoisotopic (exact) mass is 258 g/mol. The van der Waals surface area contributed by atoms with E-state index in [0.29, 0.717) is 12.1 Å². The molecule has 1 saturated heterocycles. The molecule has 18 heavy (non-hydrogen) atoms. The lowest BCUT2D eigenvalue weighted by Crippen LogP contribution is -2.41. The van der Waals surface area contributed by atoms with Gasteiger partial charge in [0.1, 0.15) is 17.5 Å². The van der Waals surface area contributed by atoms with Gasteiger partial charge in [-0.15, -0.1) is 0 Å². The summed E-state index contributed by atoms with van der Waals surface area (Å²) in [5.74, 6) is -2.98. The van der Waals surface area contributed by atoms with Crippen LogP contribution in [0.2, 0.25) is 0 Å². The van der Waals surface area contributed by atoms with Gasteiger partial charge in [0.25, 0.3) is 0 Å². The molecule has 0 bridgehead atoms. The van der Waals surface area contributed by atoms with Crippen LogP contribution in [-0.4, -0.2) is 18.3 Å². The Morgan fingerprint density at radius 2 is 1.28 bits per heavy atom. The molecule has 0 unspecified atom stereocenters. The summed E-state index contributed by atoms with van der Waals surface area (Å²) < 4.78 is 51.1. The maximum Gasteiger partial charge on any atom is 0.500 e.